The van der Waals surface area contributed by atoms with Gasteiger partial charge in [0.2, 0.25) is 11.2 Å². The minimum absolute atomic E-state index is 0.0241. The second kappa shape index (κ2) is 15.3. The van der Waals surface area contributed by atoms with E-state index < -0.39 is 53.4 Å². The molecule has 4 N–H and O–H groups in total. The molecule has 2 rings (SSSR count). The molecule has 41 heavy (non-hydrogen) atoms. The molecule has 0 fully saturated rings. The summed E-state index contributed by atoms with van der Waals surface area (Å²) in [5, 5.41) is 13.7. The number of nitrogens with two attached hydrogens (primary N) is 1. The van der Waals surface area contributed by atoms with Crippen molar-refractivity contribution in [2.75, 3.05) is 26.6 Å². The number of anilines is 1. The van der Waals surface area contributed by atoms with Gasteiger partial charge in [-0.3, -0.25) is 9.59 Å². The van der Waals surface area contributed by atoms with Crippen LogP contribution in [-0.2, 0) is 25.4 Å². The molecule has 2 bridgehead atoms. The normalized spacial score (nSPS) is 29.7. The average Bonchev–Trinajstić information content (AvgIpc) is 3.03. The highest BCUT2D eigenvalue weighted by atomic mass is 16.6. The summed E-state index contributed by atoms with van der Waals surface area (Å²) in [6, 6.07) is 0. The van der Waals surface area contributed by atoms with Crippen molar-refractivity contribution in [1.82, 2.24) is 0 Å². The molecule has 1 aromatic rings. The smallest absolute Gasteiger partial charge is 0.405 e. The van der Waals surface area contributed by atoms with E-state index in [1.165, 1.54) is 40.4 Å². The van der Waals surface area contributed by atoms with Crippen molar-refractivity contribution >= 4 is 17.7 Å². The number of hydrogen-bond donors (Lipinski definition) is 3. The number of carbonyl (C=O) groups excluding carboxylic acids is 2. The molecule has 0 unspecified atom stereocenters. The molecule has 2 amide bonds. The SMILES string of the molecule is COc1c2c(=O)c(coc1=O)NC(=O)/C(C)=C/C=C\[C@H](OC)[C@@H](OC(N)=O)/C(C)=C/[C@H](C)[C@@H](O)[C@@H](OC)C[C@H](C)C2. The topological polar surface area (TPSA) is 177 Å². The van der Waals surface area contributed by atoms with E-state index in [1.807, 2.05) is 6.92 Å². The fourth-order valence-corrected chi connectivity index (χ4v) is 4.69. The third kappa shape index (κ3) is 8.87. The molecule has 0 aliphatic carbocycles. The van der Waals surface area contributed by atoms with Gasteiger partial charge < -0.3 is 39.5 Å². The Morgan fingerprint density at radius 2 is 1.80 bits per heavy atom. The van der Waals surface area contributed by atoms with Gasteiger partial charge in [-0.25, -0.2) is 9.59 Å². The number of carbonyl (C=O) groups is 2. The Morgan fingerprint density at radius 3 is 2.39 bits per heavy atom. The maximum Gasteiger partial charge on any atom is 0.405 e. The minimum atomic E-state index is -1.01. The molecular weight excluding hydrogens is 536 g/mol. The monoisotopic (exact) mass is 576 g/mol. The maximum atomic E-state index is 13.5. The zero-order chi connectivity index (χ0) is 30.9. The van der Waals surface area contributed by atoms with Crippen molar-refractivity contribution in [3.05, 3.63) is 67.9 Å². The summed E-state index contributed by atoms with van der Waals surface area (Å²) < 4.78 is 26.8. The lowest BCUT2D eigenvalue weighted by Crippen LogP contribution is -2.37. The van der Waals surface area contributed by atoms with Crippen molar-refractivity contribution in [3.8, 4) is 5.75 Å². The summed E-state index contributed by atoms with van der Waals surface area (Å²) in [4.78, 5) is 50.6. The molecule has 1 aliphatic rings. The number of methoxy groups -OCH3 is 3. The van der Waals surface area contributed by atoms with Gasteiger partial charge in [0.25, 0.3) is 5.91 Å². The minimum Gasteiger partial charge on any atom is -0.490 e. The van der Waals surface area contributed by atoms with Crippen molar-refractivity contribution in [1.29, 1.82) is 0 Å². The van der Waals surface area contributed by atoms with Gasteiger partial charge in [0.15, 0.2) is 6.10 Å². The summed E-state index contributed by atoms with van der Waals surface area (Å²) in [7, 11) is 4.13. The fraction of sp³-hybridized carbons (Fsp3) is 0.517. The quantitative estimate of drug-likeness (QED) is 0.451. The van der Waals surface area contributed by atoms with E-state index >= 15 is 0 Å². The molecule has 1 aliphatic heterocycles. The van der Waals surface area contributed by atoms with Gasteiger partial charge in [0.1, 0.15) is 18.1 Å². The van der Waals surface area contributed by atoms with Gasteiger partial charge in [-0.05, 0) is 38.2 Å². The average molecular weight is 577 g/mol. The second-order valence-corrected chi connectivity index (χ2v) is 10.1. The van der Waals surface area contributed by atoms with Gasteiger partial charge in [-0.15, -0.1) is 0 Å². The number of fused-ring (bicyclic) bond motifs is 2. The van der Waals surface area contributed by atoms with E-state index in [-0.39, 0.29) is 34.9 Å². The Balaban J connectivity index is 2.71. The van der Waals surface area contributed by atoms with Gasteiger partial charge in [0.05, 0.1) is 24.9 Å². The molecule has 0 radical (unpaired) electrons. The van der Waals surface area contributed by atoms with Crippen molar-refractivity contribution in [2.24, 2.45) is 17.6 Å². The third-order valence-electron chi connectivity index (χ3n) is 6.92. The lowest BCUT2D eigenvalue weighted by molar-refractivity contribution is -0.112. The summed E-state index contributed by atoms with van der Waals surface area (Å²) in [5.41, 5.74) is 4.38. The van der Waals surface area contributed by atoms with E-state index in [0.717, 1.165) is 6.26 Å². The van der Waals surface area contributed by atoms with Crippen LogP contribution in [0.2, 0.25) is 0 Å². The molecule has 2 heterocycles. The summed E-state index contributed by atoms with van der Waals surface area (Å²) in [6.45, 7) is 6.85. The number of allylic oxidation sites excluding steroid dienone is 2. The first-order valence-corrected chi connectivity index (χ1v) is 13.1. The van der Waals surface area contributed by atoms with Crippen molar-refractivity contribution in [2.45, 2.75) is 65.0 Å². The largest absolute Gasteiger partial charge is 0.490 e. The molecule has 0 saturated heterocycles. The number of aliphatic hydroxyl groups excluding tert-OH is 1. The molecule has 12 nitrogen and oxygen atoms in total. The Hall–Kier alpha value is -3.74. The maximum absolute atomic E-state index is 13.5. The fourth-order valence-electron chi connectivity index (χ4n) is 4.69. The van der Waals surface area contributed by atoms with Crippen LogP contribution in [0.5, 0.6) is 5.75 Å². The number of rotatable bonds is 4. The third-order valence-corrected chi connectivity index (χ3v) is 6.92. The number of amides is 2. The van der Waals surface area contributed by atoms with Gasteiger partial charge >= 0.3 is 11.7 Å². The Labute approximate surface area is 238 Å². The number of nitrogens with one attached hydrogen (secondary N) is 1. The highest BCUT2D eigenvalue weighted by Gasteiger charge is 2.30. The molecule has 0 spiro atoms. The molecule has 0 aromatic carbocycles. The van der Waals surface area contributed by atoms with E-state index in [1.54, 1.807) is 26.0 Å². The van der Waals surface area contributed by atoms with Crippen LogP contribution in [0.3, 0.4) is 0 Å². The first-order valence-electron chi connectivity index (χ1n) is 13.1. The highest BCUT2D eigenvalue weighted by Crippen LogP contribution is 2.25. The Bertz CT molecular complexity index is 1300. The van der Waals surface area contributed by atoms with Crippen LogP contribution in [0.4, 0.5) is 10.5 Å². The lowest BCUT2D eigenvalue weighted by atomic mass is 9.88. The van der Waals surface area contributed by atoms with E-state index in [4.69, 9.17) is 29.1 Å². The van der Waals surface area contributed by atoms with Crippen LogP contribution in [0.15, 0.2) is 55.7 Å². The van der Waals surface area contributed by atoms with Crippen LogP contribution in [-0.4, -0.2) is 62.9 Å². The standard InChI is InChI=1S/C29H40N2O10/c1-15-11-19-24(33)20(14-40-28(35)26(19)39-7)31-27(34)16(2)9-8-10-21(37-5)25(41-29(30)36)18(4)13-17(3)23(32)22(12-15)38-6/h8-10,13-15,17,21-23,25,32H,11-12H2,1-7H3,(H2,30,36)(H,31,34)/b10-8-,16-9+,18-13+/t15-,17+,21+,22+,23-,25+/m1/s1. The predicted octanol–water partition coefficient (Wildman–Crippen LogP) is 2.47. The number of hydrogen-bond acceptors (Lipinski definition) is 10. The zero-order valence-corrected chi connectivity index (χ0v) is 24.5. The first kappa shape index (κ1) is 33.5. The predicted molar refractivity (Wildman–Crippen MR) is 152 cm³/mol. The summed E-state index contributed by atoms with van der Waals surface area (Å²) in [6.07, 6.45) is 3.19. The zero-order valence-electron chi connectivity index (χ0n) is 24.5. The number of aliphatic hydroxyl groups is 1. The molecule has 0 saturated carbocycles. The van der Waals surface area contributed by atoms with Gasteiger partial charge in [0, 0.05) is 25.7 Å². The summed E-state index contributed by atoms with van der Waals surface area (Å²) in [5.74, 6) is -1.63. The van der Waals surface area contributed by atoms with E-state index in [9.17, 15) is 24.3 Å². The van der Waals surface area contributed by atoms with Crippen molar-refractivity contribution < 1.29 is 38.1 Å². The lowest BCUT2D eigenvalue weighted by Gasteiger charge is -2.29. The van der Waals surface area contributed by atoms with Crippen LogP contribution in [0, 0.1) is 11.8 Å². The molecular formula is C29H40N2O10. The van der Waals surface area contributed by atoms with E-state index in [2.05, 4.69) is 5.32 Å². The molecule has 6 atom stereocenters. The van der Waals surface area contributed by atoms with Crippen molar-refractivity contribution in [3.63, 3.8) is 0 Å². The van der Waals surface area contributed by atoms with Crippen LogP contribution >= 0.6 is 0 Å². The number of primary amides is 1. The van der Waals surface area contributed by atoms with Crippen LogP contribution < -0.4 is 26.8 Å². The Kier molecular flexibility index (Phi) is 12.5. The van der Waals surface area contributed by atoms with Gasteiger partial charge in [-0.1, -0.05) is 38.2 Å². The Morgan fingerprint density at radius 1 is 1.12 bits per heavy atom. The van der Waals surface area contributed by atoms with Crippen LogP contribution in [0.25, 0.3) is 0 Å². The van der Waals surface area contributed by atoms with Gasteiger partial charge in [-0.2, -0.15) is 0 Å². The molecule has 12 heteroatoms. The highest BCUT2D eigenvalue weighted by molar-refractivity contribution is 6.03. The second-order valence-electron chi connectivity index (χ2n) is 10.1. The van der Waals surface area contributed by atoms with E-state index in [0.29, 0.717) is 12.0 Å². The van der Waals surface area contributed by atoms with Crippen LogP contribution in [0.1, 0.15) is 39.7 Å². The molecule has 226 valence electrons. The number of ether oxygens (including phenoxy) is 4. The summed E-state index contributed by atoms with van der Waals surface area (Å²) >= 11 is 0. The molecule has 1 aromatic heterocycles. The first-order chi connectivity index (χ1) is 19.3.